The van der Waals surface area contributed by atoms with Gasteiger partial charge in [0.1, 0.15) is 0 Å². The zero-order valence-electron chi connectivity index (χ0n) is 16.3. The molecule has 4 rings (SSSR count). The molecule has 7 atom stereocenters. The van der Waals surface area contributed by atoms with E-state index < -0.39 is 0 Å². The van der Waals surface area contributed by atoms with E-state index in [0.29, 0.717) is 16.9 Å². The summed E-state index contributed by atoms with van der Waals surface area (Å²) < 4.78 is 0. The minimum Gasteiger partial charge on any atom is -0.327 e. The van der Waals surface area contributed by atoms with Gasteiger partial charge in [-0.25, -0.2) is 0 Å². The van der Waals surface area contributed by atoms with E-state index in [0.717, 1.165) is 23.7 Å². The third-order valence-corrected chi connectivity index (χ3v) is 9.24. The Hall–Kier alpha value is -0.300. The van der Waals surface area contributed by atoms with Crippen LogP contribution < -0.4 is 5.73 Å². The Kier molecular flexibility index (Phi) is 4.39. The van der Waals surface area contributed by atoms with E-state index in [1.807, 2.05) is 0 Å². The van der Waals surface area contributed by atoms with Gasteiger partial charge < -0.3 is 5.73 Å². The molecule has 3 saturated carbocycles. The van der Waals surface area contributed by atoms with Crippen molar-refractivity contribution < 1.29 is 0 Å². The zero-order chi connectivity index (χ0) is 16.9. The molecule has 4 aliphatic rings. The van der Waals surface area contributed by atoms with Crippen LogP contribution in [-0.4, -0.2) is 6.04 Å². The summed E-state index contributed by atoms with van der Waals surface area (Å²) in [5.41, 5.74) is 9.18. The molecular weight excluding hydrogens is 290 g/mol. The fourth-order valence-corrected chi connectivity index (χ4v) is 7.72. The van der Waals surface area contributed by atoms with Crippen LogP contribution in [0.2, 0.25) is 0 Å². The van der Waals surface area contributed by atoms with E-state index >= 15 is 0 Å². The molecule has 0 bridgehead atoms. The van der Waals surface area contributed by atoms with Crippen molar-refractivity contribution in [3.05, 3.63) is 11.6 Å². The van der Waals surface area contributed by atoms with E-state index in [-0.39, 0.29) is 0 Å². The molecule has 7 unspecified atom stereocenters. The van der Waals surface area contributed by atoms with Crippen molar-refractivity contribution in [1.29, 1.82) is 0 Å². The predicted octanol–water partition coefficient (Wildman–Crippen LogP) is 6.08. The van der Waals surface area contributed by atoms with Crippen molar-refractivity contribution in [3.8, 4) is 0 Å². The van der Waals surface area contributed by atoms with Crippen LogP contribution in [0.1, 0.15) is 91.4 Å². The third kappa shape index (κ3) is 2.44. The summed E-state index contributed by atoms with van der Waals surface area (Å²) in [5, 5.41) is 0. The number of fused-ring (bicyclic) bond motifs is 5. The first-order chi connectivity index (χ1) is 11.5. The molecule has 0 spiro atoms. The van der Waals surface area contributed by atoms with Gasteiger partial charge >= 0.3 is 0 Å². The first kappa shape index (κ1) is 17.1. The third-order valence-electron chi connectivity index (χ3n) is 9.24. The van der Waals surface area contributed by atoms with Crippen LogP contribution >= 0.6 is 0 Å². The van der Waals surface area contributed by atoms with Gasteiger partial charge in [0.15, 0.2) is 0 Å². The Labute approximate surface area is 149 Å². The quantitative estimate of drug-likeness (QED) is 0.624. The molecule has 0 radical (unpaired) electrons. The summed E-state index contributed by atoms with van der Waals surface area (Å²) >= 11 is 0. The first-order valence-electron chi connectivity index (χ1n) is 10.9. The zero-order valence-corrected chi connectivity index (χ0v) is 16.3. The van der Waals surface area contributed by atoms with E-state index in [1.165, 1.54) is 70.6 Å². The number of hydrogen-bond acceptors (Lipinski definition) is 1. The van der Waals surface area contributed by atoms with Crippen LogP contribution in [0.3, 0.4) is 0 Å². The molecule has 0 aromatic heterocycles. The Morgan fingerprint density at radius 3 is 2.71 bits per heavy atom. The van der Waals surface area contributed by atoms with Crippen molar-refractivity contribution in [2.75, 3.05) is 0 Å². The molecule has 0 amide bonds. The van der Waals surface area contributed by atoms with Crippen LogP contribution in [-0.2, 0) is 0 Å². The van der Waals surface area contributed by atoms with Crippen LogP contribution in [0.4, 0.5) is 0 Å². The highest BCUT2D eigenvalue weighted by Gasteiger charge is 2.58. The summed E-state index contributed by atoms with van der Waals surface area (Å²) in [6, 6.07) is 0.430. The van der Waals surface area contributed by atoms with E-state index in [9.17, 15) is 0 Å². The van der Waals surface area contributed by atoms with Gasteiger partial charge in [-0.15, -0.1) is 0 Å². The summed E-state index contributed by atoms with van der Waals surface area (Å²) in [6.45, 7) is 7.64. The number of nitrogens with two attached hydrogens (primary N) is 1. The fraction of sp³-hybridized carbons (Fsp3) is 0.913. The lowest BCUT2D eigenvalue weighted by Crippen LogP contribution is -2.51. The molecule has 1 nitrogen and oxygen atoms in total. The molecule has 2 N–H and O–H groups in total. The van der Waals surface area contributed by atoms with Gasteiger partial charge in [0, 0.05) is 6.04 Å². The highest BCUT2D eigenvalue weighted by Crippen LogP contribution is 2.66. The normalized spacial score (nSPS) is 50.7. The summed E-state index contributed by atoms with van der Waals surface area (Å²) in [5.74, 6) is 3.94. The van der Waals surface area contributed by atoms with E-state index in [2.05, 4.69) is 26.8 Å². The van der Waals surface area contributed by atoms with Gasteiger partial charge in [-0.2, -0.15) is 0 Å². The van der Waals surface area contributed by atoms with Crippen molar-refractivity contribution in [2.24, 2.45) is 40.2 Å². The minimum atomic E-state index is 0.430. The highest BCUT2D eigenvalue weighted by molar-refractivity contribution is 5.25. The SMILES string of the molecule is CCCCC1CCC2C3CC=C4CC(N)CCC4(C)C3CCC12C. The predicted molar refractivity (Wildman–Crippen MR) is 103 cm³/mol. The second-order valence-electron chi connectivity index (χ2n) is 10.2. The average Bonchev–Trinajstić information content (AvgIpc) is 2.90. The molecule has 1 heteroatoms. The molecule has 3 fully saturated rings. The topological polar surface area (TPSA) is 26.0 Å². The second kappa shape index (κ2) is 6.15. The minimum absolute atomic E-state index is 0.430. The smallest absolute Gasteiger partial charge is 0.00766 e. The van der Waals surface area contributed by atoms with Crippen molar-refractivity contribution in [2.45, 2.75) is 97.4 Å². The number of rotatable bonds is 3. The lowest BCUT2D eigenvalue weighted by molar-refractivity contribution is -0.0434. The molecule has 0 aromatic carbocycles. The maximum absolute atomic E-state index is 6.30. The van der Waals surface area contributed by atoms with Crippen LogP contribution in [0.15, 0.2) is 11.6 Å². The van der Waals surface area contributed by atoms with Crippen LogP contribution in [0, 0.1) is 34.5 Å². The molecule has 0 heterocycles. The molecule has 0 aliphatic heterocycles. The Bertz CT molecular complexity index is 508. The van der Waals surface area contributed by atoms with Gasteiger partial charge in [-0.1, -0.05) is 45.3 Å². The van der Waals surface area contributed by atoms with Crippen LogP contribution in [0.25, 0.3) is 0 Å². The maximum atomic E-state index is 6.30. The Balaban J connectivity index is 1.58. The first-order valence-corrected chi connectivity index (χ1v) is 10.9. The standard InChI is InChI=1S/C23H39N/c1-4-5-6-16-8-10-20-19-9-7-17-15-18(24)11-13-23(17,3)21(19)12-14-22(16,20)2/h7,16,18-21H,4-6,8-15,24H2,1-3H3. The summed E-state index contributed by atoms with van der Waals surface area (Å²) in [4.78, 5) is 0. The van der Waals surface area contributed by atoms with Gasteiger partial charge in [0.25, 0.3) is 0 Å². The van der Waals surface area contributed by atoms with Gasteiger partial charge in [0.05, 0.1) is 0 Å². The Morgan fingerprint density at radius 1 is 1.08 bits per heavy atom. The highest BCUT2D eigenvalue weighted by atomic mass is 14.7. The second-order valence-corrected chi connectivity index (χ2v) is 10.2. The molecule has 4 aliphatic carbocycles. The molecule has 0 saturated heterocycles. The van der Waals surface area contributed by atoms with Gasteiger partial charge in [0.2, 0.25) is 0 Å². The summed E-state index contributed by atoms with van der Waals surface area (Å²) in [7, 11) is 0. The molecule has 136 valence electrons. The summed E-state index contributed by atoms with van der Waals surface area (Å²) in [6.07, 6.45) is 18.1. The molecule has 0 aromatic rings. The van der Waals surface area contributed by atoms with Crippen molar-refractivity contribution >= 4 is 0 Å². The monoisotopic (exact) mass is 329 g/mol. The number of allylic oxidation sites excluding steroid dienone is 1. The largest absolute Gasteiger partial charge is 0.327 e. The number of hydrogen-bond donors (Lipinski definition) is 1. The molecular formula is C23H39N. The lowest BCUT2D eigenvalue weighted by Gasteiger charge is -2.58. The molecule has 24 heavy (non-hydrogen) atoms. The van der Waals surface area contributed by atoms with Gasteiger partial charge in [-0.3, -0.25) is 0 Å². The fourth-order valence-electron chi connectivity index (χ4n) is 7.72. The Morgan fingerprint density at radius 2 is 1.92 bits per heavy atom. The van der Waals surface area contributed by atoms with E-state index in [1.54, 1.807) is 5.57 Å². The van der Waals surface area contributed by atoms with Gasteiger partial charge in [-0.05, 0) is 92.3 Å². The number of unbranched alkanes of at least 4 members (excludes halogenated alkanes) is 1. The van der Waals surface area contributed by atoms with Crippen molar-refractivity contribution in [3.63, 3.8) is 0 Å². The average molecular weight is 330 g/mol. The van der Waals surface area contributed by atoms with E-state index in [4.69, 9.17) is 5.73 Å². The van der Waals surface area contributed by atoms with Crippen molar-refractivity contribution in [1.82, 2.24) is 0 Å². The lowest BCUT2D eigenvalue weighted by atomic mass is 9.47. The van der Waals surface area contributed by atoms with Crippen LogP contribution in [0.5, 0.6) is 0 Å². The maximum Gasteiger partial charge on any atom is 0.00766 e.